The van der Waals surface area contributed by atoms with E-state index in [1.54, 1.807) is 18.4 Å². The van der Waals surface area contributed by atoms with Crippen LogP contribution in [0.2, 0.25) is 0 Å². The van der Waals surface area contributed by atoms with Crippen LogP contribution in [0.4, 0.5) is 5.13 Å². The molecule has 1 aliphatic rings. The first-order valence-corrected chi connectivity index (χ1v) is 7.67. The Morgan fingerprint density at radius 3 is 2.74 bits per heavy atom. The Balaban J connectivity index is 1.96. The molecule has 2 rings (SSSR count). The number of ether oxygens (including phenoxy) is 1. The minimum atomic E-state index is 0.490. The van der Waals surface area contributed by atoms with Crippen molar-refractivity contribution < 1.29 is 4.74 Å². The molecule has 1 atom stereocenters. The van der Waals surface area contributed by atoms with Crippen molar-refractivity contribution in [3.8, 4) is 5.88 Å². The van der Waals surface area contributed by atoms with Crippen LogP contribution in [0, 0.1) is 5.41 Å². The summed E-state index contributed by atoms with van der Waals surface area (Å²) < 4.78 is 5.36. The second kappa shape index (κ2) is 5.67. The fraction of sp³-hybridized carbons (Fsp3) is 0.786. The summed E-state index contributed by atoms with van der Waals surface area (Å²) in [5, 5.41) is 4.65. The van der Waals surface area contributed by atoms with E-state index in [-0.39, 0.29) is 0 Å². The van der Waals surface area contributed by atoms with Crippen LogP contribution in [0.1, 0.15) is 38.0 Å². The first-order valence-electron chi connectivity index (χ1n) is 6.86. The number of rotatable bonds is 5. The summed E-state index contributed by atoms with van der Waals surface area (Å²) in [7, 11) is 5.71. The second-order valence-electron chi connectivity index (χ2n) is 6.31. The summed E-state index contributed by atoms with van der Waals surface area (Å²) in [6, 6.07) is 0.629. The third-order valence-corrected chi connectivity index (χ3v) is 4.95. The first kappa shape index (κ1) is 14.6. The molecular formula is C14H25N3OS. The lowest BCUT2D eigenvalue weighted by atomic mass is 9.92. The number of thiazole rings is 1. The maximum Gasteiger partial charge on any atom is 0.230 e. The van der Waals surface area contributed by atoms with Gasteiger partial charge in [0.2, 0.25) is 5.88 Å². The van der Waals surface area contributed by atoms with Crippen LogP contribution in [-0.4, -0.2) is 32.2 Å². The molecule has 1 N–H and O–H groups in total. The van der Waals surface area contributed by atoms with E-state index in [2.05, 4.69) is 24.1 Å². The van der Waals surface area contributed by atoms with Gasteiger partial charge in [-0.05, 0) is 24.7 Å². The average molecular weight is 283 g/mol. The van der Waals surface area contributed by atoms with Crippen molar-refractivity contribution in [3.05, 3.63) is 4.88 Å². The minimum Gasteiger partial charge on any atom is -0.480 e. The number of anilines is 1. The zero-order chi connectivity index (χ0) is 14.0. The van der Waals surface area contributed by atoms with Crippen LogP contribution in [-0.2, 0) is 6.54 Å². The number of hydrogen-bond acceptors (Lipinski definition) is 5. The molecule has 19 heavy (non-hydrogen) atoms. The van der Waals surface area contributed by atoms with Gasteiger partial charge in [0.1, 0.15) is 0 Å². The number of aromatic nitrogens is 1. The molecule has 5 heteroatoms. The van der Waals surface area contributed by atoms with Crippen LogP contribution < -0.4 is 15.0 Å². The van der Waals surface area contributed by atoms with Crippen molar-refractivity contribution >= 4 is 16.5 Å². The topological polar surface area (TPSA) is 37.4 Å². The quantitative estimate of drug-likeness (QED) is 0.901. The zero-order valence-electron chi connectivity index (χ0n) is 12.6. The van der Waals surface area contributed by atoms with Crippen LogP contribution in [0.5, 0.6) is 5.88 Å². The van der Waals surface area contributed by atoms with Crippen molar-refractivity contribution in [3.63, 3.8) is 0 Å². The monoisotopic (exact) mass is 283 g/mol. The lowest BCUT2D eigenvalue weighted by Crippen LogP contribution is -2.26. The fourth-order valence-electron chi connectivity index (χ4n) is 2.64. The molecule has 1 fully saturated rings. The van der Waals surface area contributed by atoms with Crippen molar-refractivity contribution in [2.24, 2.45) is 5.41 Å². The minimum absolute atomic E-state index is 0.490. The summed E-state index contributed by atoms with van der Waals surface area (Å²) in [6.45, 7) is 5.56. The molecule has 1 aromatic heterocycles. The van der Waals surface area contributed by atoms with Gasteiger partial charge in [-0.1, -0.05) is 25.2 Å². The third kappa shape index (κ3) is 3.60. The molecule has 1 aliphatic carbocycles. The molecule has 0 bridgehead atoms. The Morgan fingerprint density at radius 1 is 1.47 bits per heavy atom. The van der Waals surface area contributed by atoms with E-state index < -0.39 is 0 Å². The van der Waals surface area contributed by atoms with Gasteiger partial charge in [-0.25, -0.2) is 0 Å². The lowest BCUT2D eigenvalue weighted by Gasteiger charge is -2.17. The average Bonchev–Trinajstić information content (AvgIpc) is 2.89. The fourth-order valence-corrected chi connectivity index (χ4v) is 3.54. The van der Waals surface area contributed by atoms with Crippen LogP contribution in [0.3, 0.4) is 0 Å². The molecule has 1 aromatic rings. The van der Waals surface area contributed by atoms with Crippen molar-refractivity contribution in [1.29, 1.82) is 0 Å². The second-order valence-corrected chi connectivity index (χ2v) is 7.37. The number of nitrogens with zero attached hydrogens (tertiary/aromatic N) is 2. The lowest BCUT2D eigenvalue weighted by molar-refractivity contribution is 0.362. The Hall–Kier alpha value is -0.810. The van der Waals surface area contributed by atoms with Crippen molar-refractivity contribution in [1.82, 2.24) is 10.3 Å². The van der Waals surface area contributed by atoms with E-state index in [0.717, 1.165) is 17.6 Å². The number of methoxy groups -OCH3 is 1. The predicted molar refractivity (Wildman–Crippen MR) is 81.3 cm³/mol. The maximum atomic E-state index is 5.36. The van der Waals surface area contributed by atoms with E-state index >= 15 is 0 Å². The molecule has 0 aliphatic heterocycles. The van der Waals surface area contributed by atoms with Gasteiger partial charge in [0, 0.05) is 26.7 Å². The molecule has 1 heterocycles. The number of nitrogens with one attached hydrogen (secondary N) is 1. The van der Waals surface area contributed by atoms with E-state index in [9.17, 15) is 0 Å². The summed E-state index contributed by atoms with van der Waals surface area (Å²) in [5.74, 6) is 0.762. The molecule has 0 saturated heterocycles. The first-order chi connectivity index (χ1) is 8.91. The molecule has 108 valence electrons. The highest BCUT2D eigenvalue weighted by molar-refractivity contribution is 7.15. The van der Waals surface area contributed by atoms with Gasteiger partial charge in [0.15, 0.2) is 5.13 Å². The molecule has 0 radical (unpaired) electrons. The van der Waals surface area contributed by atoms with E-state index in [4.69, 9.17) is 4.74 Å². The Labute approximate surface area is 120 Å². The van der Waals surface area contributed by atoms with Crippen LogP contribution >= 0.6 is 11.3 Å². The number of hydrogen-bond donors (Lipinski definition) is 1. The van der Waals surface area contributed by atoms with Crippen LogP contribution in [0.15, 0.2) is 0 Å². The van der Waals surface area contributed by atoms with Gasteiger partial charge < -0.3 is 15.0 Å². The zero-order valence-corrected chi connectivity index (χ0v) is 13.4. The largest absolute Gasteiger partial charge is 0.480 e. The standard InChI is InChI=1S/C14H25N3OS/c1-14(2)7-6-10(8-14)15-9-11-12(18-5)16-13(19-11)17(3)4/h10,15H,6-9H2,1-5H3. The van der Waals surface area contributed by atoms with Crippen molar-refractivity contribution in [2.45, 2.75) is 45.7 Å². The maximum absolute atomic E-state index is 5.36. The van der Waals surface area contributed by atoms with Crippen LogP contribution in [0.25, 0.3) is 0 Å². The Bertz CT molecular complexity index is 428. The molecule has 0 aromatic carbocycles. The van der Waals surface area contributed by atoms with Gasteiger partial charge in [-0.2, -0.15) is 4.98 Å². The van der Waals surface area contributed by atoms with Crippen molar-refractivity contribution in [2.75, 3.05) is 26.1 Å². The highest BCUT2D eigenvalue weighted by atomic mass is 32.1. The molecule has 0 spiro atoms. The van der Waals surface area contributed by atoms with Gasteiger partial charge in [0.25, 0.3) is 0 Å². The highest BCUT2D eigenvalue weighted by Crippen LogP contribution is 2.37. The molecule has 0 amide bonds. The van der Waals surface area contributed by atoms with E-state index in [0.29, 0.717) is 11.5 Å². The Kier molecular flexibility index (Phi) is 4.36. The predicted octanol–water partition coefficient (Wildman–Crippen LogP) is 2.89. The SMILES string of the molecule is COc1nc(N(C)C)sc1CNC1CCC(C)(C)C1. The molecule has 1 saturated carbocycles. The summed E-state index contributed by atoms with van der Waals surface area (Å²) in [4.78, 5) is 7.70. The third-order valence-electron chi connectivity index (χ3n) is 3.75. The van der Waals surface area contributed by atoms with E-state index in [1.165, 1.54) is 24.1 Å². The smallest absolute Gasteiger partial charge is 0.230 e. The summed E-state index contributed by atoms with van der Waals surface area (Å²) in [5.41, 5.74) is 0.490. The van der Waals surface area contributed by atoms with Gasteiger partial charge in [0.05, 0.1) is 12.0 Å². The summed E-state index contributed by atoms with van der Waals surface area (Å²) in [6.07, 6.45) is 3.84. The van der Waals surface area contributed by atoms with Gasteiger partial charge in [-0.3, -0.25) is 0 Å². The Morgan fingerprint density at radius 2 is 2.21 bits per heavy atom. The normalized spacial score (nSPS) is 21.6. The van der Waals surface area contributed by atoms with Gasteiger partial charge >= 0.3 is 0 Å². The molecule has 4 nitrogen and oxygen atoms in total. The summed E-state index contributed by atoms with van der Waals surface area (Å²) >= 11 is 1.70. The highest BCUT2D eigenvalue weighted by Gasteiger charge is 2.30. The van der Waals surface area contributed by atoms with E-state index in [1.807, 2.05) is 19.0 Å². The van der Waals surface area contributed by atoms with Gasteiger partial charge in [-0.15, -0.1) is 0 Å². The molecular weight excluding hydrogens is 258 g/mol. The molecule has 1 unspecified atom stereocenters.